The van der Waals surface area contributed by atoms with E-state index in [4.69, 9.17) is 5.84 Å². The number of rotatable bonds is 7. The van der Waals surface area contributed by atoms with E-state index in [-0.39, 0.29) is 16.5 Å². The molecule has 0 radical (unpaired) electrons. The topological polar surface area (TPSA) is 75.9 Å². The molecule has 1 heterocycles. The number of anilines is 2. The first-order valence-corrected chi connectivity index (χ1v) is 7.11. The molecule has 0 bridgehead atoms. The third kappa shape index (κ3) is 3.46. The third-order valence-corrected chi connectivity index (χ3v) is 4.76. The molecule has 0 aromatic carbocycles. The maximum absolute atomic E-state index is 13.5. The van der Waals surface area contributed by atoms with Gasteiger partial charge in [-0.3, -0.25) is 5.43 Å². The van der Waals surface area contributed by atoms with Crippen LogP contribution in [0.3, 0.4) is 0 Å². The molecule has 0 unspecified atom stereocenters. The van der Waals surface area contributed by atoms with Crippen LogP contribution in [0.1, 0.15) is 26.7 Å². The molecule has 0 aliphatic heterocycles. The van der Waals surface area contributed by atoms with Crippen LogP contribution in [0, 0.1) is 5.82 Å². The van der Waals surface area contributed by atoms with E-state index in [9.17, 15) is 4.39 Å². The molecular weight excluding hydrogens is 253 g/mol. The predicted octanol–water partition coefficient (Wildman–Crippen LogP) is 2.24. The second-order valence-electron chi connectivity index (χ2n) is 3.98. The van der Waals surface area contributed by atoms with Crippen molar-refractivity contribution >= 4 is 23.5 Å². The average molecular weight is 273 g/mol. The van der Waals surface area contributed by atoms with Gasteiger partial charge in [-0.15, -0.1) is 0 Å². The van der Waals surface area contributed by atoms with Gasteiger partial charge in [-0.05, 0) is 19.1 Å². The van der Waals surface area contributed by atoms with Crippen molar-refractivity contribution in [3.05, 3.63) is 12.0 Å². The van der Waals surface area contributed by atoms with E-state index < -0.39 is 5.82 Å². The summed E-state index contributed by atoms with van der Waals surface area (Å²) < 4.78 is 13.6. The number of nitrogens with two attached hydrogens (primary N) is 1. The van der Waals surface area contributed by atoms with E-state index in [0.717, 1.165) is 19.0 Å². The smallest absolute Gasteiger partial charge is 0.239 e. The van der Waals surface area contributed by atoms with Crippen molar-refractivity contribution in [1.82, 2.24) is 9.97 Å². The highest BCUT2D eigenvalue weighted by Gasteiger charge is 2.25. The van der Waals surface area contributed by atoms with Gasteiger partial charge < -0.3 is 5.32 Å². The Labute approximate surface area is 111 Å². The molecule has 18 heavy (non-hydrogen) atoms. The molecule has 1 aromatic rings. The molecule has 5 nitrogen and oxygen atoms in total. The molecule has 0 saturated heterocycles. The van der Waals surface area contributed by atoms with Crippen molar-refractivity contribution < 1.29 is 4.39 Å². The van der Waals surface area contributed by atoms with Gasteiger partial charge in [0.05, 0.1) is 6.20 Å². The number of nitrogens with zero attached hydrogens (tertiary/aromatic N) is 2. The van der Waals surface area contributed by atoms with Crippen LogP contribution in [-0.2, 0) is 0 Å². The van der Waals surface area contributed by atoms with Crippen LogP contribution < -0.4 is 16.6 Å². The van der Waals surface area contributed by atoms with Gasteiger partial charge >= 0.3 is 0 Å². The lowest BCUT2D eigenvalue weighted by molar-refractivity contribution is 0.567. The normalized spacial score (nSPS) is 11.4. The average Bonchev–Trinajstić information content (AvgIpc) is 2.42. The standard InChI is InChI=1S/C11H20FN5S/c1-4-11(5-2,18-3)7-15-9-8(12)6-14-10(16-9)17-13/h6H,4-5,7,13H2,1-3H3,(H2,14,15,16,17). The fourth-order valence-electron chi connectivity index (χ4n) is 1.67. The fraction of sp³-hybridized carbons (Fsp3) is 0.636. The monoisotopic (exact) mass is 273 g/mol. The Morgan fingerprint density at radius 3 is 2.61 bits per heavy atom. The molecule has 0 aliphatic rings. The molecule has 0 fully saturated rings. The molecule has 1 aromatic heterocycles. The van der Waals surface area contributed by atoms with Crippen LogP contribution in [0.2, 0.25) is 0 Å². The fourth-order valence-corrected chi connectivity index (χ4v) is 2.46. The number of hydrazine groups is 1. The molecule has 0 spiro atoms. The Morgan fingerprint density at radius 1 is 1.44 bits per heavy atom. The van der Waals surface area contributed by atoms with E-state index in [0.29, 0.717) is 6.54 Å². The summed E-state index contributed by atoms with van der Waals surface area (Å²) in [6.45, 7) is 4.91. The zero-order chi connectivity index (χ0) is 13.6. The Balaban J connectivity index is 2.78. The zero-order valence-corrected chi connectivity index (χ0v) is 11.8. The van der Waals surface area contributed by atoms with Crippen molar-refractivity contribution in [2.24, 2.45) is 5.84 Å². The minimum absolute atomic E-state index is 0.0910. The lowest BCUT2D eigenvalue weighted by Crippen LogP contribution is -2.32. The maximum Gasteiger partial charge on any atom is 0.239 e. The first kappa shape index (κ1) is 15.0. The van der Waals surface area contributed by atoms with Crippen LogP contribution in [0.4, 0.5) is 16.2 Å². The summed E-state index contributed by atoms with van der Waals surface area (Å²) in [6, 6.07) is 0. The quantitative estimate of drug-likeness (QED) is 0.522. The zero-order valence-electron chi connectivity index (χ0n) is 11.0. The minimum Gasteiger partial charge on any atom is -0.366 e. The Hall–Kier alpha value is -1.08. The number of nitrogen functional groups attached to an aromatic ring is 1. The summed E-state index contributed by atoms with van der Waals surface area (Å²) in [5.41, 5.74) is 2.30. The van der Waals surface area contributed by atoms with Crippen molar-refractivity contribution in [2.75, 3.05) is 23.5 Å². The van der Waals surface area contributed by atoms with E-state index in [1.165, 1.54) is 0 Å². The van der Waals surface area contributed by atoms with Gasteiger partial charge in [0.2, 0.25) is 5.95 Å². The molecular formula is C11H20FN5S. The lowest BCUT2D eigenvalue weighted by atomic mass is 10.0. The van der Waals surface area contributed by atoms with Gasteiger partial charge in [-0.1, -0.05) is 13.8 Å². The van der Waals surface area contributed by atoms with Gasteiger partial charge in [-0.25, -0.2) is 15.2 Å². The number of halogens is 1. The molecule has 0 amide bonds. The number of thioether (sulfide) groups is 1. The highest BCUT2D eigenvalue weighted by atomic mass is 32.2. The first-order valence-electron chi connectivity index (χ1n) is 5.89. The van der Waals surface area contributed by atoms with Crippen LogP contribution >= 0.6 is 11.8 Å². The number of nitrogens with one attached hydrogen (secondary N) is 2. The molecule has 1 rings (SSSR count). The second kappa shape index (κ2) is 6.75. The number of aromatic nitrogens is 2. The highest BCUT2D eigenvalue weighted by Crippen LogP contribution is 2.30. The summed E-state index contributed by atoms with van der Waals surface area (Å²) in [7, 11) is 0. The van der Waals surface area contributed by atoms with Gasteiger partial charge in [0, 0.05) is 11.3 Å². The lowest BCUT2D eigenvalue weighted by Gasteiger charge is -2.30. The Bertz CT molecular complexity index is 375. The van der Waals surface area contributed by atoms with Gasteiger partial charge in [0.25, 0.3) is 0 Å². The van der Waals surface area contributed by atoms with Crippen LogP contribution in [-0.4, -0.2) is 27.5 Å². The maximum atomic E-state index is 13.5. The van der Waals surface area contributed by atoms with E-state index in [1.807, 2.05) is 0 Å². The predicted molar refractivity (Wildman–Crippen MR) is 75.1 cm³/mol. The number of hydrogen-bond acceptors (Lipinski definition) is 6. The first-order chi connectivity index (χ1) is 8.60. The minimum atomic E-state index is -0.476. The van der Waals surface area contributed by atoms with Crippen LogP contribution in [0.5, 0.6) is 0 Å². The summed E-state index contributed by atoms with van der Waals surface area (Å²) in [6.07, 6.45) is 5.18. The van der Waals surface area contributed by atoms with E-state index in [1.54, 1.807) is 11.8 Å². The molecule has 4 N–H and O–H groups in total. The molecule has 0 atom stereocenters. The Morgan fingerprint density at radius 2 is 2.11 bits per heavy atom. The SMILES string of the molecule is CCC(CC)(CNc1nc(NN)ncc1F)SC. The summed E-state index contributed by atoms with van der Waals surface area (Å²) in [5, 5.41) is 3.04. The largest absolute Gasteiger partial charge is 0.366 e. The summed E-state index contributed by atoms with van der Waals surface area (Å²) in [4.78, 5) is 7.65. The van der Waals surface area contributed by atoms with Gasteiger partial charge in [-0.2, -0.15) is 16.7 Å². The van der Waals surface area contributed by atoms with Crippen LogP contribution in [0.15, 0.2) is 6.20 Å². The summed E-state index contributed by atoms with van der Waals surface area (Å²) >= 11 is 1.78. The molecule has 0 aliphatic carbocycles. The molecule has 0 saturated carbocycles. The van der Waals surface area contributed by atoms with E-state index in [2.05, 4.69) is 40.8 Å². The molecule has 7 heteroatoms. The van der Waals surface area contributed by atoms with Crippen molar-refractivity contribution in [3.8, 4) is 0 Å². The third-order valence-electron chi connectivity index (χ3n) is 3.17. The van der Waals surface area contributed by atoms with Crippen LogP contribution in [0.25, 0.3) is 0 Å². The Kier molecular flexibility index (Phi) is 5.61. The van der Waals surface area contributed by atoms with Crippen molar-refractivity contribution in [2.45, 2.75) is 31.4 Å². The van der Waals surface area contributed by atoms with Gasteiger partial charge in [0.15, 0.2) is 11.6 Å². The van der Waals surface area contributed by atoms with E-state index >= 15 is 0 Å². The molecule has 102 valence electrons. The highest BCUT2D eigenvalue weighted by molar-refractivity contribution is 8.00. The van der Waals surface area contributed by atoms with Crippen molar-refractivity contribution in [1.29, 1.82) is 0 Å². The van der Waals surface area contributed by atoms with Crippen molar-refractivity contribution in [3.63, 3.8) is 0 Å². The van der Waals surface area contributed by atoms with Gasteiger partial charge in [0.1, 0.15) is 0 Å². The number of hydrogen-bond donors (Lipinski definition) is 3. The second-order valence-corrected chi connectivity index (χ2v) is 5.26. The summed E-state index contributed by atoms with van der Waals surface area (Å²) in [5.74, 6) is 5.10.